The lowest BCUT2D eigenvalue weighted by molar-refractivity contribution is 0.0768. The maximum atomic E-state index is 9.70. The first-order chi connectivity index (χ1) is 9.96. The molecule has 3 heteroatoms. The minimum absolute atomic E-state index is 0.298. The van der Waals surface area contributed by atoms with Crippen molar-refractivity contribution in [2.75, 3.05) is 7.05 Å². The van der Waals surface area contributed by atoms with Gasteiger partial charge in [-0.3, -0.25) is 5.32 Å². The van der Waals surface area contributed by atoms with Crippen molar-refractivity contribution in [3.63, 3.8) is 0 Å². The smallest absolute Gasteiger partial charge is 0.108 e. The van der Waals surface area contributed by atoms with Crippen molar-refractivity contribution >= 4 is 0 Å². The van der Waals surface area contributed by atoms with Crippen LogP contribution in [-0.2, 0) is 0 Å². The highest BCUT2D eigenvalue weighted by molar-refractivity contribution is 5.12. The van der Waals surface area contributed by atoms with Crippen LogP contribution in [0.3, 0.4) is 0 Å². The Bertz CT molecular complexity index is 365. The average molecular weight is 291 g/mol. The summed E-state index contributed by atoms with van der Waals surface area (Å²) >= 11 is 0. The number of hydrogen-bond acceptors (Lipinski definition) is 3. The topological polar surface area (TPSA) is 39.1 Å². The van der Waals surface area contributed by atoms with Crippen LogP contribution in [0, 0.1) is 17.2 Å². The Morgan fingerprint density at radius 2 is 1.81 bits per heavy atom. The van der Waals surface area contributed by atoms with E-state index in [1.165, 1.54) is 38.5 Å². The Morgan fingerprint density at radius 3 is 2.38 bits per heavy atom. The van der Waals surface area contributed by atoms with E-state index in [1.807, 2.05) is 0 Å². The standard InChI is InChI=1S/C18H33N3/c1-14(2)20-18(13-19)11-5-6-17(12-18)21(4)16-9-7-15(3)8-10-16/h14-17,20H,5-12H2,1-4H3. The van der Waals surface area contributed by atoms with E-state index >= 15 is 0 Å². The molecule has 2 unspecified atom stereocenters. The second-order valence-electron chi connectivity index (χ2n) is 7.82. The van der Waals surface area contributed by atoms with Gasteiger partial charge >= 0.3 is 0 Å². The first-order valence-corrected chi connectivity index (χ1v) is 8.86. The lowest BCUT2D eigenvalue weighted by Crippen LogP contribution is -2.55. The third kappa shape index (κ3) is 4.20. The van der Waals surface area contributed by atoms with Crippen molar-refractivity contribution in [2.24, 2.45) is 5.92 Å². The highest BCUT2D eigenvalue weighted by Crippen LogP contribution is 2.35. The Morgan fingerprint density at radius 1 is 1.14 bits per heavy atom. The molecule has 2 rings (SSSR count). The van der Waals surface area contributed by atoms with Crippen molar-refractivity contribution in [1.82, 2.24) is 10.2 Å². The summed E-state index contributed by atoms with van der Waals surface area (Å²) in [4.78, 5) is 2.61. The second kappa shape index (κ2) is 7.11. The largest absolute Gasteiger partial charge is 0.300 e. The van der Waals surface area contributed by atoms with Crippen LogP contribution in [0.2, 0.25) is 0 Å². The van der Waals surface area contributed by atoms with Gasteiger partial charge in [0.1, 0.15) is 5.54 Å². The molecule has 2 aliphatic rings. The van der Waals surface area contributed by atoms with E-state index in [1.54, 1.807) is 0 Å². The molecule has 3 nitrogen and oxygen atoms in total. The number of nitrogens with one attached hydrogen (secondary N) is 1. The Kier molecular flexibility index (Phi) is 5.68. The molecule has 0 aromatic rings. The van der Waals surface area contributed by atoms with E-state index in [0.29, 0.717) is 12.1 Å². The molecule has 0 aromatic heterocycles. The normalized spacial score (nSPS) is 37.7. The van der Waals surface area contributed by atoms with Gasteiger partial charge in [-0.2, -0.15) is 5.26 Å². The van der Waals surface area contributed by atoms with Crippen molar-refractivity contribution < 1.29 is 0 Å². The quantitative estimate of drug-likeness (QED) is 0.858. The third-order valence-electron chi connectivity index (χ3n) is 5.64. The molecular weight excluding hydrogens is 258 g/mol. The van der Waals surface area contributed by atoms with Crippen molar-refractivity contribution in [3.8, 4) is 6.07 Å². The van der Waals surface area contributed by atoms with Gasteiger partial charge in [0.15, 0.2) is 0 Å². The molecule has 2 aliphatic carbocycles. The Labute approximate surface area is 131 Å². The molecule has 2 fully saturated rings. The zero-order valence-corrected chi connectivity index (χ0v) is 14.4. The average Bonchev–Trinajstić information content (AvgIpc) is 2.47. The summed E-state index contributed by atoms with van der Waals surface area (Å²) in [7, 11) is 2.30. The van der Waals surface area contributed by atoms with E-state index in [9.17, 15) is 5.26 Å². The first-order valence-electron chi connectivity index (χ1n) is 8.86. The van der Waals surface area contributed by atoms with Gasteiger partial charge in [-0.15, -0.1) is 0 Å². The van der Waals surface area contributed by atoms with E-state index in [-0.39, 0.29) is 5.54 Å². The summed E-state index contributed by atoms with van der Waals surface area (Å²) in [6.45, 7) is 6.67. The molecule has 0 bridgehead atoms. The molecular formula is C18H33N3. The first kappa shape index (κ1) is 16.8. The van der Waals surface area contributed by atoms with Gasteiger partial charge < -0.3 is 4.90 Å². The molecule has 120 valence electrons. The van der Waals surface area contributed by atoms with Gasteiger partial charge in [-0.25, -0.2) is 0 Å². The summed E-state index contributed by atoms with van der Waals surface area (Å²) in [5, 5.41) is 13.3. The van der Waals surface area contributed by atoms with Crippen LogP contribution < -0.4 is 5.32 Å². The molecule has 1 N–H and O–H groups in total. The van der Waals surface area contributed by atoms with E-state index in [0.717, 1.165) is 24.8 Å². The fraction of sp³-hybridized carbons (Fsp3) is 0.944. The number of nitriles is 1. The molecule has 2 saturated carbocycles. The zero-order valence-electron chi connectivity index (χ0n) is 14.4. The molecule has 0 heterocycles. The summed E-state index contributed by atoms with van der Waals surface area (Å²) < 4.78 is 0. The van der Waals surface area contributed by atoms with Gasteiger partial charge in [-0.05, 0) is 78.2 Å². The van der Waals surface area contributed by atoms with Crippen molar-refractivity contribution in [1.29, 1.82) is 5.26 Å². The molecule has 0 spiro atoms. The van der Waals surface area contributed by atoms with Crippen molar-refractivity contribution in [2.45, 2.75) is 95.8 Å². The van der Waals surface area contributed by atoms with Gasteiger partial charge in [0, 0.05) is 18.1 Å². The van der Waals surface area contributed by atoms with Crippen LogP contribution in [0.25, 0.3) is 0 Å². The van der Waals surface area contributed by atoms with Crippen LogP contribution in [0.4, 0.5) is 0 Å². The van der Waals surface area contributed by atoms with E-state index < -0.39 is 0 Å². The number of rotatable bonds is 4. The highest BCUT2D eigenvalue weighted by Gasteiger charge is 2.39. The van der Waals surface area contributed by atoms with Crippen LogP contribution in [0.1, 0.15) is 72.1 Å². The predicted molar refractivity (Wildman–Crippen MR) is 88.1 cm³/mol. The highest BCUT2D eigenvalue weighted by atomic mass is 15.2. The van der Waals surface area contributed by atoms with Gasteiger partial charge in [0.2, 0.25) is 0 Å². The molecule has 2 atom stereocenters. The van der Waals surface area contributed by atoms with Crippen molar-refractivity contribution in [3.05, 3.63) is 0 Å². The lowest BCUT2D eigenvalue weighted by atomic mass is 9.77. The maximum Gasteiger partial charge on any atom is 0.108 e. The van der Waals surface area contributed by atoms with Crippen LogP contribution >= 0.6 is 0 Å². The van der Waals surface area contributed by atoms with E-state index in [2.05, 4.69) is 44.1 Å². The zero-order chi connectivity index (χ0) is 15.5. The Hall–Kier alpha value is -0.590. The van der Waals surface area contributed by atoms with E-state index in [4.69, 9.17) is 0 Å². The van der Waals surface area contributed by atoms with Gasteiger partial charge in [0.25, 0.3) is 0 Å². The minimum atomic E-state index is -0.298. The number of nitrogens with zero attached hydrogens (tertiary/aromatic N) is 2. The molecule has 0 radical (unpaired) electrons. The predicted octanol–water partition coefficient (Wildman–Crippen LogP) is 3.70. The van der Waals surface area contributed by atoms with Crippen LogP contribution in [0.5, 0.6) is 0 Å². The maximum absolute atomic E-state index is 9.70. The SMILES string of the molecule is CC1CCC(N(C)C2CCCC(C#N)(NC(C)C)C2)CC1. The minimum Gasteiger partial charge on any atom is -0.300 e. The Balaban J connectivity index is 1.98. The lowest BCUT2D eigenvalue weighted by Gasteiger charge is -2.45. The fourth-order valence-corrected chi connectivity index (χ4v) is 4.36. The summed E-state index contributed by atoms with van der Waals surface area (Å²) in [6.07, 6.45) is 9.84. The summed E-state index contributed by atoms with van der Waals surface area (Å²) in [5.41, 5.74) is -0.298. The molecule has 0 saturated heterocycles. The third-order valence-corrected chi connectivity index (χ3v) is 5.64. The monoisotopic (exact) mass is 291 g/mol. The van der Waals surface area contributed by atoms with Gasteiger partial charge in [-0.1, -0.05) is 6.92 Å². The summed E-state index contributed by atoms with van der Waals surface area (Å²) in [5.74, 6) is 0.904. The van der Waals surface area contributed by atoms with Crippen LogP contribution in [-0.4, -0.2) is 35.6 Å². The van der Waals surface area contributed by atoms with Gasteiger partial charge in [0.05, 0.1) is 6.07 Å². The molecule has 0 aromatic carbocycles. The second-order valence-corrected chi connectivity index (χ2v) is 7.82. The molecule has 0 amide bonds. The molecule has 0 aliphatic heterocycles. The fourth-order valence-electron chi connectivity index (χ4n) is 4.36. The number of hydrogen-bond donors (Lipinski definition) is 1. The van der Waals surface area contributed by atoms with Crippen LogP contribution in [0.15, 0.2) is 0 Å². The summed E-state index contributed by atoms with van der Waals surface area (Å²) in [6, 6.07) is 4.29. The molecule has 21 heavy (non-hydrogen) atoms.